The molecule has 1 saturated heterocycles. The van der Waals surface area contributed by atoms with Gasteiger partial charge in [-0.1, -0.05) is 30.3 Å². The number of nitrogens with zero attached hydrogens (tertiary/aromatic N) is 2. The highest BCUT2D eigenvalue weighted by atomic mass is 19.1. The molecule has 0 aliphatic carbocycles. The van der Waals surface area contributed by atoms with E-state index in [-0.39, 0.29) is 11.7 Å². The Balaban J connectivity index is 1.19. The first kappa shape index (κ1) is 20.6. The first-order valence-electron chi connectivity index (χ1n) is 10.8. The predicted molar refractivity (Wildman–Crippen MR) is 118 cm³/mol. The maximum atomic E-state index is 12.9. The molecule has 4 rings (SSSR count). The number of nitrogens with one attached hydrogen (secondary N) is 1. The van der Waals surface area contributed by atoms with Crippen molar-refractivity contribution in [3.8, 4) is 0 Å². The highest BCUT2D eigenvalue weighted by Crippen LogP contribution is 2.26. The molecule has 30 heavy (non-hydrogen) atoms. The number of carbonyl (C=O) groups is 1. The smallest absolute Gasteiger partial charge is 0.220 e. The number of benzene rings is 2. The van der Waals surface area contributed by atoms with Gasteiger partial charge in [-0.15, -0.1) is 0 Å². The van der Waals surface area contributed by atoms with Crippen LogP contribution in [0.5, 0.6) is 0 Å². The molecule has 1 amide bonds. The quantitative estimate of drug-likeness (QED) is 0.620. The lowest BCUT2D eigenvalue weighted by molar-refractivity contribution is -0.121. The SMILES string of the molecule is Cn1cc(CN2CCC(CCC(=O)NCc3ccc(F)cc3)CC2)c2ccccc21. The van der Waals surface area contributed by atoms with Crippen LogP contribution in [0.3, 0.4) is 0 Å². The number of para-hydroxylation sites is 1. The molecule has 0 saturated carbocycles. The minimum atomic E-state index is -0.253. The summed E-state index contributed by atoms with van der Waals surface area (Å²) in [7, 11) is 2.11. The number of aryl methyl sites for hydroxylation is 1. The maximum Gasteiger partial charge on any atom is 0.220 e. The van der Waals surface area contributed by atoms with Crippen molar-refractivity contribution in [3.63, 3.8) is 0 Å². The Morgan fingerprint density at radius 2 is 1.83 bits per heavy atom. The number of piperidine rings is 1. The standard InChI is InChI=1S/C25H30FN3O/c1-28-17-21(23-4-2-3-5-24(23)28)18-29-14-12-19(13-15-29)8-11-25(30)27-16-20-6-9-22(26)10-7-20/h2-7,9-10,17,19H,8,11-16,18H2,1H3,(H,27,30). The van der Waals surface area contributed by atoms with Crippen molar-refractivity contribution < 1.29 is 9.18 Å². The molecule has 0 unspecified atom stereocenters. The summed E-state index contributed by atoms with van der Waals surface area (Å²) in [5, 5.41) is 4.29. The van der Waals surface area contributed by atoms with Gasteiger partial charge >= 0.3 is 0 Å². The Morgan fingerprint density at radius 1 is 1.10 bits per heavy atom. The molecule has 1 aromatic heterocycles. The second kappa shape index (κ2) is 9.43. The number of halogens is 1. The molecule has 1 N–H and O–H groups in total. The second-order valence-electron chi connectivity index (χ2n) is 8.44. The van der Waals surface area contributed by atoms with Gasteiger partial charge in [-0.2, -0.15) is 0 Å². The van der Waals surface area contributed by atoms with Gasteiger partial charge in [0.15, 0.2) is 0 Å². The molecular formula is C25H30FN3O. The van der Waals surface area contributed by atoms with E-state index >= 15 is 0 Å². The molecule has 1 fully saturated rings. The number of fused-ring (bicyclic) bond motifs is 1. The highest BCUT2D eigenvalue weighted by molar-refractivity contribution is 5.83. The summed E-state index contributed by atoms with van der Waals surface area (Å²) in [6.07, 6.45) is 6.06. The van der Waals surface area contributed by atoms with Crippen LogP contribution in [0.25, 0.3) is 10.9 Å². The number of rotatable bonds is 7. The van der Waals surface area contributed by atoms with Crippen LogP contribution >= 0.6 is 0 Å². The van der Waals surface area contributed by atoms with E-state index in [4.69, 9.17) is 0 Å². The zero-order valence-corrected chi connectivity index (χ0v) is 17.6. The van der Waals surface area contributed by atoms with Crippen LogP contribution in [0.2, 0.25) is 0 Å². The van der Waals surface area contributed by atoms with Gasteiger partial charge in [0.2, 0.25) is 5.91 Å². The van der Waals surface area contributed by atoms with Crippen molar-refractivity contribution in [1.82, 2.24) is 14.8 Å². The summed E-state index contributed by atoms with van der Waals surface area (Å²) in [6, 6.07) is 14.9. The summed E-state index contributed by atoms with van der Waals surface area (Å²) in [4.78, 5) is 14.7. The summed E-state index contributed by atoms with van der Waals surface area (Å²) < 4.78 is 15.2. The van der Waals surface area contributed by atoms with Crippen LogP contribution in [0, 0.1) is 11.7 Å². The average molecular weight is 408 g/mol. The zero-order valence-electron chi connectivity index (χ0n) is 17.6. The lowest BCUT2D eigenvalue weighted by Crippen LogP contribution is -2.33. The molecule has 2 aromatic carbocycles. The van der Waals surface area contributed by atoms with E-state index in [1.807, 2.05) is 0 Å². The topological polar surface area (TPSA) is 37.3 Å². The number of hydrogen-bond donors (Lipinski definition) is 1. The van der Waals surface area contributed by atoms with Crippen molar-refractivity contribution in [1.29, 1.82) is 0 Å². The Morgan fingerprint density at radius 3 is 2.60 bits per heavy atom. The van der Waals surface area contributed by atoms with E-state index < -0.39 is 0 Å². The lowest BCUT2D eigenvalue weighted by atomic mass is 9.92. The Hall–Kier alpha value is -2.66. The van der Waals surface area contributed by atoms with Gasteiger partial charge in [0.05, 0.1) is 0 Å². The van der Waals surface area contributed by atoms with Gasteiger partial charge < -0.3 is 9.88 Å². The third kappa shape index (κ3) is 5.08. The molecule has 1 aliphatic rings. The monoisotopic (exact) mass is 407 g/mol. The Bertz CT molecular complexity index is 987. The molecule has 1 aliphatic heterocycles. The molecule has 2 heterocycles. The van der Waals surface area contributed by atoms with Gasteiger partial charge in [0.25, 0.3) is 0 Å². The maximum absolute atomic E-state index is 12.9. The normalized spacial score (nSPS) is 15.5. The molecule has 0 bridgehead atoms. The van der Waals surface area contributed by atoms with Crippen LogP contribution in [0.15, 0.2) is 54.7 Å². The lowest BCUT2D eigenvalue weighted by Gasteiger charge is -2.31. The number of likely N-dealkylation sites (tertiary alicyclic amines) is 1. The molecule has 4 nitrogen and oxygen atoms in total. The fourth-order valence-corrected chi connectivity index (χ4v) is 4.45. The van der Waals surface area contributed by atoms with Gasteiger partial charge in [-0.25, -0.2) is 4.39 Å². The van der Waals surface area contributed by atoms with E-state index in [0.717, 1.165) is 44.5 Å². The van der Waals surface area contributed by atoms with E-state index in [9.17, 15) is 9.18 Å². The minimum absolute atomic E-state index is 0.0810. The van der Waals surface area contributed by atoms with Gasteiger partial charge in [-0.05, 0) is 67.6 Å². The highest BCUT2D eigenvalue weighted by Gasteiger charge is 2.21. The number of hydrogen-bond acceptors (Lipinski definition) is 2. The van der Waals surface area contributed by atoms with Crippen LogP contribution in [-0.2, 0) is 24.9 Å². The van der Waals surface area contributed by atoms with Crippen LogP contribution in [-0.4, -0.2) is 28.5 Å². The average Bonchev–Trinajstić information content (AvgIpc) is 3.08. The van der Waals surface area contributed by atoms with E-state index in [0.29, 0.717) is 18.9 Å². The van der Waals surface area contributed by atoms with E-state index in [1.54, 1.807) is 12.1 Å². The van der Waals surface area contributed by atoms with Crippen molar-refractivity contribution in [2.75, 3.05) is 13.1 Å². The van der Waals surface area contributed by atoms with Gasteiger partial charge in [-0.3, -0.25) is 9.69 Å². The molecular weight excluding hydrogens is 377 g/mol. The first-order valence-corrected chi connectivity index (χ1v) is 10.8. The number of aromatic nitrogens is 1. The predicted octanol–water partition coefficient (Wildman–Crippen LogP) is 4.63. The fourth-order valence-electron chi connectivity index (χ4n) is 4.45. The van der Waals surface area contributed by atoms with E-state index in [2.05, 4.69) is 52.3 Å². The molecule has 0 radical (unpaired) electrons. The van der Waals surface area contributed by atoms with Gasteiger partial charge in [0.1, 0.15) is 5.82 Å². The fraction of sp³-hybridized carbons (Fsp3) is 0.400. The largest absolute Gasteiger partial charge is 0.352 e. The summed E-state index contributed by atoms with van der Waals surface area (Å²) >= 11 is 0. The second-order valence-corrected chi connectivity index (χ2v) is 8.44. The van der Waals surface area contributed by atoms with Crippen molar-refractivity contribution in [2.24, 2.45) is 13.0 Å². The molecule has 158 valence electrons. The Labute approximate surface area is 177 Å². The molecule has 3 aromatic rings. The van der Waals surface area contributed by atoms with Crippen LogP contribution < -0.4 is 5.32 Å². The number of amides is 1. The van der Waals surface area contributed by atoms with E-state index in [1.165, 1.54) is 28.6 Å². The summed E-state index contributed by atoms with van der Waals surface area (Å²) in [6.45, 7) is 3.63. The third-order valence-corrected chi connectivity index (χ3v) is 6.26. The van der Waals surface area contributed by atoms with Gasteiger partial charge in [0, 0.05) is 43.7 Å². The Kier molecular flexibility index (Phi) is 6.48. The summed E-state index contributed by atoms with van der Waals surface area (Å²) in [5.74, 6) is 0.444. The zero-order chi connectivity index (χ0) is 20.9. The van der Waals surface area contributed by atoms with Crippen molar-refractivity contribution in [3.05, 3.63) is 71.7 Å². The minimum Gasteiger partial charge on any atom is -0.352 e. The van der Waals surface area contributed by atoms with Crippen molar-refractivity contribution in [2.45, 2.75) is 38.8 Å². The molecule has 5 heteroatoms. The number of carbonyl (C=O) groups excluding carboxylic acids is 1. The molecule has 0 spiro atoms. The molecule has 0 atom stereocenters. The third-order valence-electron chi connectivity index (χ3n) is 6.26. The summed E-state index contributed by atoms with van der Waals surface area (Å²) in [5.41, 5.74) is 3.60. The van der Waals surface area contributed by atoms with Crippen LogP contribution in [0.4, 0.5) is 4.39 Å². The first-order chi connectivity index (χ1) is 14.6. The van der Waals surface area contributed by atoms with Crippen molar-refractivity contribution >= 4 is 16.8 Å². The van der Waals surface area contributed by atoms with Crippen LogP contribution in [0.1, 0.15) is 36.8 Å².